The number of likely N-dealkylation sites (tertiary alicyclic amines) is 1. The second-order valence-electron chi connectivity index (χ2n) is 6.04. The van der Waals surface area contributed by atoms with Crippen molar-refractivity contribution >= 4 is 28.6 Å². The van der Waals surface area contributed by atoms with E-state index in [1.165, 1.54) is 11.3 Å². The Labute approximate surface area is 144 Å². The van der Waals surface area contributed by atoms with Crippen molar-refractivity contribution in [3.63, 3.8) is 0 Å². The lowest BCUT2D eigenvalue weighted by molar-refractivity contribution is 0.0723. The SMILES string of the molecule is Cc1nc2c(NC3CCN(C(=O)c4cccs4)CC3)cccn2n1. The number of hydrogen-bond donors (Lipinski definition) is 1. The number of thiophene rings is 1. The van der Waals surface area contributed by atoms with Gasteiger partial charge in [0.05, 0.1) is 10.6 Å². The summed E-state index contributed by atoms with van der Waals surface area (Å²) < 4.78 is 1.80. The lowest BCUT2D eigenvalue weighted by Gasteiger charge is -2.32. The van der Waals surface area contributed by atoms with Crippen LogP contribution in [-0.4, -0.2) is 44.5 Å². The maximum absolute atomic E-state index is 12.4. The molecule has 3 aromatic heterocycles. The number of hydrogen-bond acceptors (Lipinski definition) is 5. The second kappa shape index (κ2) is 6.24. The van der Waals surface area contributed by atoms with Gasteiger partial charge in [-0.25, -0.2) is 9.50 Å². The number of carbonyl (C=O) groups excluding carboxylic acids is 1. The van der Waals surface area contributed by atoms with Gasteiger partial charge in [0.2, 0.25) is 0 Å². The van der Waals surface area contributed by atoms with Crippen LogP contribution in [0.2, 0.25) is 0 Å². The van der Waals surface area contributed by atoms with E-state index >= 15 is 0 Å². The molecule has 0 saturated carbocycles. The molecule has 1 fully saturated rings. The van der Waals surface area contributed by atoms with Gasteiger partial charge in [-0.05, 0) is 43.3 Å². The van der Waals surface area contributed by atoms with Crippen LogP contribution >= 0.6 is 11.3 Å². The Morgan fingerprint density at radius 2 is 2.12 bits per heavy atom. The van der Waals surface area contributed by atoms with E-state index in [-0.39, 0.29) is 5.91 Å². The summed E-state index contributed by atoms with van der Waals surface area (Å²) in [4.78, 5) is 19.7. The number of piperidine rings is 1. The molecule has 0 aliphatic carbocycles. The summed E-state index contributed by atoms with van der Waals surface area (Å²) in [5.74, 6) is 0.916. The molecule has 4 rings (SSSR count). The summed E-state index contributed by atoms with van der Waals surface area (Å²) in [6.07, 6.45) is 3.78. The molecule has 0 radical (unpaired) electrons. The van der Waals surface area contributed by atoms with Crippen LogP contribution in [0.25, 0.3) is 5.65 Å². The van der Waals surface area contributed by atoms with Crippen LogP contribution in [0.5, 0.6) is 0 Å². The number of carbonyl (C=O) groups is 1. The van der Waals surface area contributed by atoms with Crippen LogP contribution in [0.1, 0.15) is 28.3 Å². The predicted molar refractivity (Wildman–Crippen MR) is 94.6 cm³/mol. The van der Waals surface area contributed by atoms with Crippen molar-refractivity contribution in [3.05, 3.63) is 46.5 Å². The molecule has 1 N–H and O–H groups in total. The first-order chi connectivity index (χ1) is 11.7. The zero-order valence-electron chi connectivity index (χ0n) is 13.5. The lowest BCUT2D eigenvalue weighted by atomic mass is 10.0. The van der Waals surface area contributed by atoms with Gasteiger partial charge in [0.25, 0.3) is 5.91 Å². The number of aromatic nitrogens is 3. The molecule has 1 aliphatic rings. The van der Waals surface area contributed by atoms with E-state index in [1.54, 1.807) is 4.52 Å². The van der Waals surface area contributed by atoms with E-state index < -0.39 is 0 Å². The van der Waals surface area contributed by atoms with Crippen molar-refractivity contribution in [2.45, 2.75) is 25.8 Å². The van der Waals surface area contributed by atoms with Gasteiger partial charge in [-0.3, -0.25) is 4.79 Å². The van der Waals surface area contributed by atoms with Crippen LogP contribution in [-0.2, 0) is 0 Å². The third-order valence-corrected chi connectivity index (χ3v) is 5.20. The van der Waals surface area contributed by atoms with Gasteiger partial charge in [0, 0.05) is 25.3 Å². The second-order valence-corrected chi connectivity index (χ2v) is 6.98. The monoisotopic (exact) mass is 341 g/mol. The van der Waals surface area contributed by atoms with Crippen molar-refractivity contribution in [2.75, 3.05) is 18.4 Å². The van der Waals surface area contributed by atoms with Gasteiger partial charge in [-0.1, -0.05) is 6.07 Å². The summed E-state index contributed by atoms with van der Waals surface area (Å²) in [6.45, 7) is 3.46. The number of pyridine rings is 1. The van der Waals surface area contributed by atoms with E-state index in [2.05, 4.69) is 15.4 Å². The maximum atomic E-state index is 12.4. The van der Waals surface area contributed by atoms with Crippen LogP contribution in [0.4, 0.5) is 5.69 Å². The summed E-state index contributed by atoms with van der Waals surface area (Å²) in [6, 6.07) is 8.17. The molecular weight excluding hydrogens is 322 g/mol. The molecule has 0 spiro atoms. The third-order valence-electron chi connectivity index (χ3n) is 4.34. The number of nitrogens with one attached hydrogen (secondary N) is 1. The largest absolute Gasteiger partial charge is 0.379 e. The lowest BCUT2D eigenvalue weighted by Crippen LogP contribution is -2.42. The van der Waals surface area contributed by atoms with Gasteiger partial charge in [-0.15, -0.1) is 11.3 Å². The molecule has 0 atom stereocenters. The molecular formula is C17H19N5OS. The van der Waals surface area contributed by atoms with Crippen LogP contribution < -0.4 is 5.32 Å². The topological polar surface area (TPSA) is 62.5 Å². The number of nitrogens with zero attached hydrogens (tertiary/aromatic N) is 4. The maximum Gasteiger partial charge on any atom is 0.263 e. The molecule has 1 aliphatic heterocycles. The quantitative estimate of drug-likeness (QED) is 0.796. The average Bonchev–Trinajstić information content (AvgIpc) is 3.24. The molecule has 1 saturated heterocycles. The highest BCUT2D eigenvalue weighted by Crippen LogP contribution is 2.22. The molecule has 3 aromatic rings. The molecule has 1 amide bonds. The van der Waals surface area contributed by atoms with Crippen molar-refractivity contribution < 1.29 is 4.79 Å². The molecule has 124 valence electrons. The molecule has 0 bridgehead atoms. The average molecular weight is 341 g/mol. The van der Waals surface area contributed by atoms with Crippen LogP contribution in [0.15, 0.2) is 35.8 Å². The Bertz CT molecular complexity index is 849. The normalized spacial score (nSPS) is 15.8. The number of fused-ring (bicyclic) bond motifs is 1. The summed E-state index contributed by atoms with van der Waals surface area (Å²) in [5, 5.41) is 9.86. The summed E-state index contributed by atoms with van der Waals surface area (Å²) >= 11 is 1.51. The minimum atomic E-state index is 0.152. The van der Waals surface area contributed by atoms with E-state index in [4.69, 9.17) is 0 Å². The smallest absolute Gasteiger partial charge is 0.263 e. The van der Waals surface area contributed by atoms with Crippen molar-refractivity contribution in [2.24, 2.45) is 0 Å². The van der Waals surface area contributed by atoms with E-state index in [1.807, 2.05) is 47.7 Å². The highest BCUT2D eigenvalue weighted by molar-refractivity contribution is 7.12. The number of amides is 1. The Kier molecular flexibility index (Phi) is 3.93. The van der Waals surface area contributed by atoms with Gasteiger partial charge in [0.15, 0.2) is 5.65 Å². The Morgan fingerprint density at radius 3 is 2.88 bits per heavy atom. The van der Waals surface area contributed by atoms with Crippen LogP contribution in [0, 0.1) is 6.92 Å². The predicted octanol–water partition coefficient (Wildman–Crippen LogP) is 2.82. The third kappa shape index (κ3) is 2.87. The van der Waals surface area contributed by atoms with E-state index in [9.17, 15) is 4.79 Å². The highest BCUT2D eigenvalue weighted by Gasteiger charge is 2.24. The first kappa shape index (κ1) is 15.1. The molecule has 6 nitrogen and oxygen atoms in total. The fourth-order valence-electron chi connectivity index (χ4n) is 3.13. The zero-order valence-corrected chi connectivity index (χ0v) is 14.3. The van der Waals surface area contributed by atoms with Gasteiger partial charge in [-0.2, -0.15) is 5.10 Å². The number of aryl methyl sites for hydroxylation is 1. The first-order valence-electron chi connectivity index (χ1n) is 8.12. The molecule has 7 heteroatoms. The fraction of sp³-hybridized carbons (Fsp3) is 0.353. The van der Waals surface area contributed by atoms with Gasteiger partial charge < -0.3 is 10.2 Å². The molecule has 0 unspecified atom stereocenters. The van der Waals surface area contributed by atoms with Gasteiger partial charge in [0.1, 0.15) is 5.82 Å². The van der Waals surface area contributed by atoms with Crippen molar-refractivity contribution in [3.8, 4) is 0 Å². The number of anilines is 1. The Morgan fingerprint density at radius 1 is 1.29 bits per heavy atom. The van der Waals surface area contributed by atoms with Crippen LogP contribution in [0.3, 0.4) is 0 Å². The Hall–Kier alpha value is -2.41. The van der Waals surface area contributed by atoms with E-state index in [0.717, 1.165) is 48.0 Å². The fourth-order valence-corrected chi connectivity index (χ4v) is 3.82. The Balaban J connectivity index is 1.42. The van der Waals surface area contributed by atoms with Crippen molar-refractivity contribution in [1.82, 2.24) is 19.5 Å². The molecule has 24 heavy (non-hydrogen) atoms. The summed E-state index contributed by atoms with van der Waals surface area (Å²) in [5.41, 5.74) is 1.85. The van der Waals surface area contributed by atoms with E-state index in [0.29, 0.717) is 6.04 Å². The van der Waals surface area contributed by atoms with Gasteiger partial charge >= 0.3 is 0 Å². The molecule has 4 heterocycles. The minimum Gasteiger partial charge on any atom is -0.379 e. The van der Waals surface area contributed by atoms with Crippen molar-refractivity contribution in [1.29, 1.82) is 0 Å². The summed E-state index contributed by atoms with van der Waals surface area (Å²) in [7, 11) is 0. The zero-order chi connectivity index (χ0) is 16.5. The number of rotatable bonds is 3. The molecule has 0 aromatic carbocycles. The standard InChI is InChI=1S/C17H19N5OS/c1-12-18-16-14(4-2-8-22(16)20-12)19-13-6-9-21(10-7-13)17(23)15-5-3-11-24-15/h2-5,8,11,13,19H,6-7,9-10H2,1H3. The minimum absolute atomic E-state index is 0.152. The highest BCUT2D eigenvalue weighted by atomic mass is 32.1. The first-order valence-corrected chi connectivity index (χ1v) is 9.00.